The number of aryl methyl sites for hydroxylation is 3. The minimum absolute atomic E-state index is 0.741. The van der Waals surface area contributed by atoms with Gasteiger partial charge in [0.2, 0.25) is 0 Å². The predicted octanol–water partition coefficient (Wildman–Crippen LogP) is 0.983. The second-order valence-corrected chi connectivity index (χ2v) is 3.14. The summed E-state index contributed by atoms with van der Waals surface area (Å²) >= 11 is 0. The SMILES string of the molecule is Cc1nc(C)c(-n2cncn2)nc1C. The van der Waals surface area contributed by atoms with E-state index in [0.29, 0.717) is 0 Å². The highest BCUT2D eigenvalue weighted by molar-refractivity contribution is 5.28. The lowest BCUT2D eigenvalue weighted by molar-refractivity contribution is 0.807. The van der Waals surface area contributed by atoms with Crippen LogP contribution in [0.5, 0.6) is 0 Å². The van der Waals surface area contributed by atoms with Crippen LogP contribution >= 0.6 is 0 Å². The highest BCUT2D eigenvalue weighted by atomic mass is 15.3. The highest BCUT2D eigenvalue weighted by Crippen LogP contribution is 2.09. The molecule has 0 radical (unpaired) electrons. The van der Waals surface area contributed by atoms with Crippen molar-refractivity contribution in [3.63, 3.8) is 0 Å². The van der Waals surface area contributed by atoms with E-state index in [9.17, 15) is 0 Å². The molecule has 2 aromatic rings. The van der Waals surface area contributed by atoms with Crippen molar-refractivity contribution in [3.8, 4) is 5.82 Å². The van der Waals surface area contributed by atoms with E-state index in [2.05, 4.69) is 20.1 Å². The van der Waals surface area contributed by atoms with Crippen LogP contribution in [0.4, 0.5) is 0 Å². The topological polar surface area (TPSA) is 56.5 Å². The summed E-state index contributed by atoms with van der Waals surface area (Å²) in [6.07, 6.45) is 3.10. The van der Waals surface area contributed by atoms with E-state index in [1.165, 1.54) is 6.33 Å². The van der Waals surface area contributed by atoms with Gasteiger partial charge in [0.15, 0.2) is 5.82 Å². The molecular formula is C9H11N5. The van der Waals surface area contributed by atoms with Crippen LogP contribution in [0.3, 0.4) is 0 Å². The number of hydrogen-bond acceptors (Lipinski definition) is 4. The molecule has 0 aromatic carbocycles. The molecule has 0 amide bonds. The van der Waals surface area contributed by atoms with Crippen LogP contribution in [0.25, 0.3) is 5.82 Å². The Morgan fingerprint density at radius 1 is 1.00 bits per heavy atom. The first-order valence-corrected chi connectivity index (χ1v) is 4.35. The summed E-state index contributed by atoms with van der Waals surface area (Å²) in [5, 5.41) is 4.02. The molecule has 0 aliphatic rings. The van der Waals surface area contributed by atoms with Crippen LogP contribution in [0.1, 0.15) is 17.1 Å². The summed E-state index contributed by atoms with van der Waals surface area (Å²) in [4.78, 5) is 12.7. The molecule has 0 aliphatic heterocycles. The predicted molar refractivity (Wildman–Crippen MR) is 51.2 cm³/mol. The van der Waals surface area contributed by atoms with E-state index in [-0.39, 0.29) is 0 Å². The van der Waals surface area contributed by atoms with Crippen LogP contribution < -0.4 is 0 Å². The van der Waals surface area contributed by atoms with Gasteiger partial charge in [-0.3, -0.25) is 4.98 Å². The molecule has 0 unspecified atom stereocenters. The Labute approximate surface area is 81.8 Å². The van der Waals surface area contributed by atoms with Crippen LogP contribution in [-0.4, -0.2) is 24.7 Å². The fraction of sp³-hybridized carbons (Fsp3) is 0.333. The minimum Gasteiger partial charge on any atom is -0.253 e. The van der Waals surface area contributed by atoms with Gasteiger partial charge in [-0.25, -0.2) is 14.6 Å². The van der Waals surface area contributed by atoms with E-state index in [1.54, 1.807) is 11.0 Å². The first kappa shape index (κ1) is 8.80. The van der Waals surface area contributed by atoms with E-state index < -0.39 is 0 Å². The molecule has 2 aromatic heterocycles. The van der Waals surface area contributed by atoms with Crippen molar-refractivity contribution in [1.82, 2.24) is 24.7 Å². The third-order valence-corrected chi connectivity index (χ3v) is 2.09. The Balaban J connectivity index is 2.60. The Morgan fingerprint density at radius 2 is 1.71 bits per heavy atom. The fourth-order valence-electron chi connectivity index (χ4n) is 1.24. The average molecular weight is 189 g/mol. The number of rotatable bonds is 1. The maximum absolute atomic E-state index is 4.41. The summed E-state index contributed by atoms with van der Waals surface area (Å²) in [5.74, 6) is 0.741. The summed E-state index contributed by atoms with van der Waals surface area (Å²) in [7, 11) is 0. The van der Waals surface area contributed by atoms with E-state index in [0.717, 1.165) is 22.9 Å². The molecule has 14 heavy (non-hydrogen) atoms. The Bertz CT molecular complexity index is 446. The van der Waals surface area contributed by atoms with Crippen molar-refractivity contribution in [3.05, 3.63) is 29.7 Å². The molecule has 2 heterocycles. The van der Waals surface area contributed by atoms with Gasteiger partial charge in [0.1, 0.15) is 12.7 Å². The third kappa shape index (κ3) is 1.37. The smallest absolute Gasteiger partial charge is 0.176 e. The van der Waals surface area contributed by atoms with E-state index >= 15 is 0 Å². The first-order chi connectivity index (χ1) is 6.68. The number of nitrogens with zero attached hydrogens (tertiary/aromatic N) is 5. The van der Waals surface area contributed by atoms with Crippen molar-refractivity contribution >= 4 is 0 Å². The average Bonchev–Trinajstić information content (AvgIpc) is 2.64. The summed E-state index contributed by atoms with van der Waals surface area (Å²) in [5.41, 5.74) is 2.73. The zero-order valence-electron chi connectivity index (χ0n) is 8.39. The maximum Gasteiger partial charge on any atom is 0.176 e. The van der Waals surface area contributed by atoms with E-state index in [1.807, 2.05) is 20.8 Å². The van der Waals surface area contributed by atoms with Crippen molar-refractivity contribution in [2.45, 2.75) is 20.8 Å². The fourth-order valence-corrected chi connectivity index (χ4v) is 1.24. The highest BCUT2D eigenvalue weighted by Gasteiger charge is 2.07. The lowest BCUT2D eigenvalue weighted by atomic mass is 10.3. The molecular weight excluding hydrogens is 178 g/mol. The van der Waals surface area contributed by atoms with Crippen molar-refractivity contribution in [2.75, 3.05) is 0 Å². The monoisotopic (exact) mass is 189 g/mol. The number of hydrogen-bond donors (Lipinski definition) is 0. The van der Waals surface area contributed by atoms with Crippen LogP contribution in [0.2, 0.25) is 0 Å². The molecule has 0 saturated carbocycles. The second kappa shape index (κ2) is 3.17. The second-order valence-electron chi connectivity index (χ2n) is 3.14. The van der Waals surface area contributed by atoms with Gasteiger partial charge < -0.3 is 0 Å². The van der Waals surface area contributed by atoms with Crippen LogP contribution in [-0.2, 0) is 0 Å². The van der Waals surface area contributed by atoms with E-state index in [4.69, 9.17) is 0 Å². The van der Waals surface area contributed by atoms with Crippen molar-refractivity contribution in [1.29, 1.82) is 0 Å². The molecule has 0 saturated heterocycles. The molecule has 0 bridgehead atoms. The van der Waals surface area contributed by atoms with Crippen molar-refractivity contribution < 1.29 is 0 Å². The maximum atomic E-state index is 4.41. The molecule has 0 aliphatic carbocycles. The minimum atomic E-state index is 0.741. The first-order valence-electron chi connectivity index (χ1n) is 4.35. The van der Waals surface area contributed by atoms with Gasteiger partial charge >= 0.3 is 0 Å². The largest absolute Gasteiger partial charge is 0.253 e. The molecule has 0 atom stereocenters. The molecule has 2 rings (SSSR count). The van der Waals surface area contributed by atoms with Crippen LogP contribution in [0, 0.1) is 20.8 Å². The quantitative estimate of drug-likeness (QED) is 0.671. The van der Waals surface area contributed by atoms with Gasteiger partial charge in [-0.15, -0.1) is 0 Å². The molecule has 72 valence electrons. The summed E-state index contributed by atoms with van der Waals surface area (Å²) in [6.45, 7) is 5.79. The van der Waals surface area contributed by atoms with Gasteiger partial charge in [0.05, 0.1) is 17.1 Å². The van der Waals surface area contributed by atoms with Gasteiger partial charge in [-0.05, 0) is 20.8 Å². The van der Waals surface area contributed by atoms with Crippen LogP contribution in [0.15, 0.2) is 12.7 Å². The molecule has 5 nitrogen and oxygen atoms in total. The number of aromatic nitrogens is 5. The van der Waals surface area contributed by atoms with Gasteiger partial charge in [-0.2, -0.15) is 5.10 Å². The third-order valence-electron chi connectivity index (χ3n) is 2.09. The normalized spacial score (nSPS) is 10.5. The molecule has 0 fully saturated rings. The zero-order valence-corrected chi connectivity index (χ0v) is 8.39. The Morgan fingerprint density at radius 3 is 2.36 bits per heavy atom. The lowest BCUT2D eigenvalue weighted by Gasteiger charge is -2.06. The summed E-state index contributed by atoms with van der Waals surface area (Å²) < 4.78 is 1.62. The standard InChI is InChI=1S/C9H11N5/c1-6-7(2)13-9(8(3)12-6)14-5-10-4-11-14/h4-5H,1-3H3. The lowest BCUT2D eigenvalue weighted by Crippen LogP contribution is -2.06. The molecule has 5 heteroatoms. The zero-order chi connectivity index (χ0) is 10.1. The Kier molecular flexibility index (Phi) is 1.99. The van der Waals surface area contributed by atoms with Gasteiger partial charge in [0, 0.05) is 0 Å². The van der Waals surface area contributed by atoms with Gasteiger partial charge in [-0.1, -0.05) is 0 Å². The molecule has 0 N–H and O–H groups in total. The Hall–Kier alpha value is -1.78. The molecule has 0 spiro atoms. The van der Waals surface area contributed by atoms with Crippen molar-refractivity contribution in [2.24, 2.45) is 0 Å². The van der Waals surface area contributed by atoms with Gasteiger partial charge in [0.25, 0.3) is 0 Å². The summed E-state index contributed by atoms with van der Waals surface area (Å²) in [6, 6.07) is 0.